The van der Waals surface area contributed by atoms with E-state index in [1.165, 1.54) is 7.11 Å². The zero-order chi connectivity index (χ0) is 12.6. The van der Waals surface area contributed by atoms with Crippen molar-refractivity contribution in [2.45, 2.75) is 45.2 Å². The smallest absolute Gasteiger partial charge is 0.323 e. The second-order valence-electron chi connectivity index (χ2n) is 4.15. The molecule has 0 aromatic carbocycles. The molecule has 3 nitrogen and oxygen atoms in total. The van der Waals surface area contributed by atoms with Crippen molar-refractivity contribution in [1.82, 2.24) is 4.90 Å². The molecule has 96 valence electrons. The largest absolute Gasteiger partial charge is 0.468 e. The molecule has 0 heterocycles. The zero-order valence-corrected chi connectivity index (χ0v) is 12.0. The third-order valence-corrected chi connectivity index (χ3v) is 3.71. The van der Waals surface area contributed by atoms with E-state index in [2.05, 4.69) is 25.0 Å². The van der Waals surface area contributed by atoms with Crippen LogP contribution in [0.3, 0.4) is 0 Å². The minimum atomic E-state index is -0.107. The van der Waals surface area contributed by atoms with Gasteiger partial charge in [-0.25, -0.2) is 0 Å². The fraction of sp³-hybridized carbons (Fsp3) is 0.917. The van der Waals surface area contributed by atoms with Crippen LogP contribution < -0.4 is 0 Å². The van der Waals surface area contributed by atoms with Crippen LogP contribution >= 0.6 is 11.8 Å². The molecular formula is C12H25NO2S. The number of methoxy groups -OCH3 is 1. The average Bonchev–Trinajstić information content (AvgIpc) is 2.29. The van der Waals surface area contributed by atoms with Crippen molar-refractivity contribution in [2.24, 2.45) is 0 Å². The molecule has 0 rings (SSSR count). The molecule has 16 heavy (non-hydrogen) atoms. The summed E-state index contributed by atoms with van der Waals surface area (Å²) in [6, 6.07) is 0.308. The quantitative estimate of drug-likeness (QED) is 0.616. The van der Waals surface area contributed by atoms with Gasteiger partial charge in [-0.05, 0) is 26.6 Å². The predicted molar refractivity (Wildman–Crippen MR) is 70.9 cm³/mol. The van der Waals surface area contributed by atoms with Crippen molar-refractivity contribution >= 4 is 17.7 Å². The van der Waals surface area contributed by atoms with E-state index in [1.807, 2.05) is 7.05 Å². The Kier molecular flexibility index (Phi) is 8.76. The van der Waals surface area contributed by atoms with Crippen molar-refractivity contribution in [2.75, 3.05) is 26.2 Å². The number of esters is 1. The van der Waals surface area contributed by atoms with Crippen LogP contribution in [0.15, 0.2) is 0 Å². The standard InChI is InChI=1S/C12H25NO2S/c1-6-7-8-11(12(14)15-4)13(3)10(2)9-16-5/h10-11H,6-9H2,1-5H3. The second kappa shape index (κ2) is 8.88. The molecule has 0 radical (unpaired) electrons. The van der Waals surface area contributed by atoms with E-state index >= 15 is 0 Å². The number of hydrogen-bond donors (Lipinski definition) is 0. The Bertz CT molecular complexity index is 199. The molecule has 0 N–H and O–H groups in total. The number of carbonyl (C=O) groups is 1. The van der Waals surface area contributed by atoms with Gasteiger partial charge in [-0.15, -0.1) is 0 Å². The fourth-order valence-electron chi connectivity index (χ4n) is 1.69. The van der Waals surface area contributed by atoms with Gasteiger partial charge >= 0.3 is 5.97 Å². The Balaban J connectivity index is 4.41. The monoisotopic (exact) mass is 247 g/mol. The molecule has 2 unspecified atom stereocenters. The number of rotatable bonds is 8. The molecule has 0 amide bonds. The first-order chi connectivity index (χ1) is 7.58. The van der Waals surface area contributed by atoms with Gasteiger partial charge in [0.1, 0.15) is 6.04 Å². The number of likely N-dealkylation sites (N-methyl/N-ethyl adjacent to an activating group) is 1. The number of carbonyl (C=O) groups excluding carboxylic acids is 1. The Labute approximate surface area is 104 Å². The van der Waals surface area contributed by atoms with E-state index in [-0.39, 0.29) is 12.0 Å². The summed E-state index contributed by atoms with van der Waals surface area (Å²) in [5.74, 6) is 0.930. The Morgan fingerprint density at radius 1 is 1.50 bits per heavy atom. The lowest BCUT2D eigenvalue weighted by molar-refractivity contribution is -0.147. The Hall–Kier alpha value is -0.220. The fourth-order valence-corrected chi connectivity index (χ4v) is 2.40. The highest BCUT2D eigenvalue weighted by atomic mass is 32.2. The first kappa shape index (κ1) is 15.8. The van der Waals surface area contributed by atoms with Crippen molar-refractivity contribution < 1.29 is 9.53 Å². The second-order valence-corrected chi connectivity index (χ2v) is 5.06. The maximum Gasteiger partial charge on any atom is 0.323 e. The van der Waals surface area contributed by atoms with Crippen molar-refractivity contribution in [3.05, 3.63) is 0 Å². The van der Waals surface area contributed by atoms with E-state index in [1.54, 1.807) is 11.8 Å². The summed E-state index contributed by atoms with van der Waals surface area (Å²) < 4.78 is 4.87. The summed E-state index contributed by atoms with van der Waals surface area (Å²) in [6.45, 7) is 4.29. The van der Waals surface area contributed by atoms with Gasteiger partial charge in [-0.1, -0.05) is 19.8 Å². The number of hydrogen-bond acceptors (Lipinski definition) is 4. The van der Waals surface area contributed by atoms with E-state index < -0.39 is 0 Å². The van der Waals surface area contributed by atoms with Crippen LogP contribution in [0.1, 0.15) is 33.1 Å². The Morgan fingerprint density at radius 2 is 2.12 bits per heavy atom. The molecule has 0 fully saturated rings. The molecule has 0 saturated carbocycles. The summed E-state index contributed by atoms with van der Waals surface area (Å²) in [5, 5.41) is 0. The van der Waals surface area contributed by atoms with Gasteiger partial charge < -0.3 is 4.74 Å². The van der Waals surface area contributed by atoms with Crippen molar-refractivity contribution in [3.63, 3.8) is 0 Å². The van der Waals surface area contributed by atoms with Gasteiger partial charge in [0.2, 0.25) is 0 Å². The molecule has 0 bridgehead atoms. The highest BCUT2D eigenvalue weighted by Crippen LogP contribution is 2.14. The molecular weight excluding hydrogens is 222 g/mol. The lowest BCUT2D eigenvalue weighted by Gasteiger charge is -2.31. The zero-order valence-electron chi connectivity index (χ0n) is 11.2. The summed E-state index contributed by atoms with van der Waals surface area (Å²) in [7, 11) is 3.48. The molecule has 2 atom stereocenters. The maximum atomic E-state index is 11.7. The van der Waals surface area contributed by atoms with Gasteiger partial charge in [0, 0.05) is 11.8 Å². The Morgan fingerprint density at radius 3 is 2.56 bits per heavy atom. The molecule has 0 aliphatic heterocycles. The van der Waals surface area contributed by atoms with Crippen LogP contribution in [0.25, 0.3) is 0 Å². The van der Waals surface area contributed by atoms with Crippen molar-refractivity contribution in [3.8, 4) is 0 Å². The van der Waals surface area contributed by atoms with Crippen LogP contribution in [-0.2, 0) is 9.53 Å². The van der Waals surface area contributed by atoms with E-state index in [0.29, 0.717) is 6.04 Å². The SMILES string of the molecule is CCCCC(C(=O)OC)N(C)C(C)CSC. The summed E-state index contributed by atoms with van der Waals surface area (Å²) in [5.41, 5.74) is 0. The van der Waals surface area contributed by atoms with E-state index in [4.69, 9.17) is 4.74 Å². The third-order valence-electron chi connectivity index (χ3n) is 2.90. The highest BCUT2D eigenvalue weighted by molar-refractivity contribution is 7.98. The summed E-state index contributed by atoms with van der Waals surface area (Å²) in [4.78, 5) is 13.8. The number of ether oxygens (including phenoxy) is 1. The highest BCUT2D eigenvalue weighted by Gasteiger charge is 2.26. The van der Waals surface area contributed by atoms with Crippen LogP contribution in [0.4, 0.5) is 0 Å². The minimum absolute atomic E-state index is 0.0906. The predicted octanol–water partition coefficient (Wildman–Crippen LogP) is 2.40. The van der Waals surface area contributed by atoms with Gasteiger partial charge in [-0.2, -0.15) is 11.8 Å². The first-order valence-corrected chi connectivity index (χ1v) is 7.26. The van der Waals surface area contributed by atoms with Crippen LogP contribution in [0, 0.1) is 0 Å². The molecule has 0 spiro atoms. The molecule has 0 aliphatic rings. The lowest BCUT2D eigenvalue weighted by atomic mass is 10.1. The van der Waals surface area contributed by atoms with Crippen LogP contribution in [-0.4, -0.2) is 49.1 Å². The number of nitrogens with zero attached hydrogens (tertiary/aromatic N) is 1. The van der Waals surface area contributed by atoms with Gasteiger partial charge in [0.05, 0.1) is 7.11 Å². The van der Waals surface area contributed by atoms with E-state index in [9.17, 15) is 4.79 Å². The average molecular weight is 247 g/mol. The lowest BCUT2D eigenvalue weighted by Crippen LogP contribution is -2.45. The molecule has 4 heteroatoms. The first-order valence-electron chi connectivity index (χ1n) is 5.87. The van der Waals surface area contributed by atoms with Gasteiger partial charge in [0.25, 0.3) is 0 Å². The minimum Gasteiger partial charge on any atom is -0.468 e. The number of thioether (sulfide) groups is 1. The van der Waals surface area contributed by atoms with Crippen LogP contribution in [0.2, 0.25) is 0 Å². The topological polar surface area (TPSA) is 29.5 Å². The molecule has 0 aromatic rings. The maximum absolute atomic E-state index is 11.7. The summed E-state index contributed by atoms with van der Waals surface area (Å²) >= 11 is 1.80. The van der Waals surface area contributed by atoms with Crippen molar-refractivity contribution in [1.29, 1.82) is 0 Å². The van der Waals surface area contributed by atoms with E-state index in [0.717, 1.165) is 25.0 Å². The molecule has 0 saturated heterocycles. The molecule has 0 aromatic heterocycles. The molecule has 0 aliphatic carbocycles. The van der Waals surface area contributed by atoms with Gasteiger partial charge in [-0.3, -0.25) is 9.69 Å². The number of unbranched alkanes of at least 4 members (excludes halogenated alkanes) is 1. The normalized spacial score (nSPS) is 14.9. The van der Waals surface area contributed by atoms with Gasteiger partial charge in [0.15, 0.2) is 0 Å². The summed E-state index contributed by atoms with van der Waals surface area (Å²) in [6.07, 6.45) is 5.15. The third kappa shape index (κ3) is 5.21. The van der Waals surface area contributed by atoms with Crippen LogP contribution in [0.5, 0.6) is 0 Å².